The fraction of sp³-hybridized carbons (Fsp3) is 0.786. The number of hydrogen-bond donors (Lipinski definition) is 2. The molecule has 20 heavy (non-hydrogen) atoms. The van der Waals surface area contributed by atoms with Crippen LogP contribution in [-0.4, -0.2) is 41.8 Å². The fourth-order valence-electron chi connectivity index (χ4n) is 0.368. The molecule has 0 amide bonds. The van der Waals surface area contributed by atoms with Gasteiger partial charge < -0.3 is 21.9 Å². The van der Waals surface area contributed by atoms with Gasteiger partial charge in [0.15, 0.2) is 0 Å². The van der Waals surface area contributed by atoms with Crippen molar-refractivity contribution in [1.82, 2.24) is 0 Å². The summed E-state index contributed by atoms with van der Waals surface area (Å²) in [7, 11) is 0. The van der Waals surface area contributed by atoms with Crippen molar-refractivity contribution in [2.75, 3.05) is 19.8 Å². The molecule has 0 aromatic rings. The zero-order chi connectivity index (χ0) is 15.8. The normalized spacial score (nSPS) is 8.70. The van der Waals surface area contributed by atoms with E-state index in [0.717, 1.165) is 0 Å². The van der Waals surface area contributed by atoms with E-state index in [4.69, 9.17) is 10.2 Å². The van der Waals surface area contributed by atoms with Crippen molar-refractivity contribution in [3.8, 4) is 0 Å². The molecule has 0 fully saturated rings. The molecule has 0 radical (unpaired) electrons. The fourth-order valence-corrected chi connectivity index (χ4v) is 0.368. The first-order chi connectivity index (χ1) is 8.70. The second-order valence-electron chi connectivity index (χ2n) is 4.75. The van der Waals surface area contributed by atoms with Gasteiger partial charge >= 0.3 is 5.97 Å². The van der Waals surface area contributed by atoms with Gasteiger partial charge in [-0.3, -0.25) is 9.59 Å². The smallest absolute Gasteiger partial charge is 0.310 e. The predicted octanol–water partition coefficient (Wildman–Crippen LogP) is 1.61. The summed E-state index contributed by atoms with van der Waals surface area (Å²) in [5, 5.41) is 16.3. The SMILES string of the molecule is CC(C)CO.CC(C)CO.[CH2-]COC(=O)CC(C)=O.[Ti]. The molecule has 120 valence electrons. The number of Topliss-reactive ketones (excluding diaryl/α,β-unsaturated/α-hetero) is 1. The molecule has 0 aromatic carbocycles. The minimum absolute atomic E-state index is 0. The third kappa shape index (κ3) is 43.1. The Morgan fingerprint density at radius 1 is 1.05 bits per heavy atom. The van der Waals surface area contributed by atoms with Gasteiger partial charge in [-0.15, -0.1) is 0 Å². The summed E-state index contributed by atoms with van der Waals surface area (Å²) in [6, 6.07) is 0. The van der Waals surface area contributed by atoms with Crippen molar-refractivity contribution >= 4 is 11.8 Å². The Bertz CT molecular complexity index is 210. The Hall–Kier alpha value is -0.226. The summed E-state index contributed by atoms with van der Waals surface area (Å²) >= 11 is 0. The van der Waals surface area contributed by atoms with Gasteiger partial charge in [0.25, 0.3) is 0 Å². The molecule has 5 nitrogen and oxygen atoms in total. The maximum absolute atomic E-state index is 10.4. The van der Waals surface area contributed by atoms with E-state index in [0.29, 0.717) is 25.0 Å². The Kier molecular flexibility index (Phi) is 29.5. The molecule has 0 bridgehead atoms. The summed E-state index contributed by atoms with van der Waals surface area (Å²) in [4.78, 5) is 20.6. The molecule has 0 spiro atoms. The van der Waals surface area contributed by atoms with Crippen molar-refractivity contribution in [1.29, 1.82) is 0 Å². The summed E-state index contributed by atoms with van der Waals surface area (Å²) in [5.41, 5.74) is 0. The van der Waals surface area contributed by atoms with E-state index >= 15 is 0 Å². The van der Waals surface area contributed by atoms with E-state index in [-0.39, 0.29) is 40.5 Å². The largest absolute Gasteiger partial charge is 0.499 e. The zero-order valence-electron chi connectivity index (χ0n) is 13.3. The van der Waals surface area contributed by atoms with Crippen molar-refractivity contribution in [2.24, 2.45) is 11.8 Å². The molecule has 0 aliphatic heterocycles. The average Bonchev–Trinajstić information content (AvgIpc) is 2.29. The van der Waals surface area contributed by atoms with Crippen LogP contribution in [0.15, 0.2) is 0 Å². The molecule has 0 atom stereocenters. The molecule has 2 N–H and O–H groups in total. The van der Waals surface area contributed by atoms with Crippen molar-refractivity contribution in [2.45, 2.75) is 41.0 Å². The summed E-state index contributed by atoms with van der Waals surface area (Å²) in [5.74, 6) is 0.191. The first-order valence-electron chi connectivity index (χ1n) is 6.37. The van der Waals surface area contributed by atoms with Gasteiger partial charge in [-0.2, -0.15) is 0 Å². The summed E-state index contributed by atoms with van der Waals surface area (Å²) in [6.45, 7) is 13.2. The van der Waals surface area contributed by atoms with E-state index in [9.17, 15) is 9.59 Å². The topological polar surface area (TPSA) is 83.8 Å². The predicted molar refractivity (Wildman–Crippen MR) is 75.5 cm³/mol. The Balaban J connectivity index is -0.000000101. The quantitative estimate of drug-likeness (QED) is 0.347. The van der Waals surface area contributed by atoms with Crippen LogP contribution in [0.2, 0.25) is 0 Å². The second kappa shape index (κ2) is 21.1. The van der Waals surface area contributed by atoms with Crippen LogP contribution < -0.4 is 0 Å². The number of aliphatic hydroxyl groups is 2. The number of carbonyl (C=O) groups is 2. The molecule has 0 saturated carbocycles. The van der Waals surface area contributed by atoms with Crippen LogP contribution in [0.3, 0.4) is 0 Å². The number of aliphatic hydroxyl groups excluding tert-OH is 2. The van der Waals surface area contributed by atoms with Gasteiger partial charge in [0.05, 0.1) is 0 Å². The van der Waals surface area contributed by atoms with Crippen LogP contribution in [0, 0.1) is 18.8 Å². The number of ketones is 1. The van der Waals surface area contributed by atoms with Gasteiger partial charge in [0, 0.05) is 34.9 Å². The van der Waals surface area contributed by atoms with Crippen LogP contribution >= 0.6 is 0 Å². The Labute approximate surface area is 138 Å². The molecule has 6 heteroatoms. The van der Waals surface area contributed by atoms with Crippen LogP contribution in [0.5, 0.6) is 0 Å². The van der Waals surface area contributed by atoms with E-state index in [2.05, 4.69) is 11.7 Å². The molecule has 0 saturated heterocycles. The van der Waals surface area contributed by atoms with E-state index in [1.54, 1.807) is 0 Å². The van der Waals surface area contributed by atoms with Gasteiger partial charge in [0.2, 0.25) is 0 Å². The number of ether oxygens (including phenoxy) is 1. The third-order valence-corrected chi connectivity index (χ3v) is 1.39. The molecule has 0 heterocycles. The molecular formula is C14H29O5Ti-. The molecule has 0 unspecified atom stereocenters. The van der Waals surface area contributed by atoms with Gasteiger partial charge in [0.1, 0.15) is 12.2 Å². The van der Waals surface area contributed by atoms with E-state index in [1.165, 1.54) is 6.92 Å². The van der Waals surface area contributed by atoms with Crippen LogP contribution in [0.4, 0.5) is 0 Å². The van der Waals surface area contributed by atoms with Crippen molar-refractivity contribution in [3.05, 3.63) is 6.92 Å². The maximum atomic E-state index is 10.4. The minimum Gasteiger partial charge on any atom is -0.499 e. The zero-order valence-corrected chi connectivity index (χ0v) is 14.9. The first-order valence-corrected chi connectivity index (χ1v) is 6.37. The van der Waals surface area contributed by atoms with Crippen molar-refractivity contribution < 1.29 is 46.3 Å². The van der Waals surface area contributed by atoms with Crippen LogP contribution in [-0.2, 0) is 36.0 Å². The number of rotatable bonds is 5. The minimum atomic E-state index is -0.502. The molecule has 0 rings (SSSR count). The van der Waals surface area contributed by atoms with E-state index < -0.39 is 5.97 Å². The van der Waals surface area contributed by atoms with Crippen LogP contribution in [0.25, 0.3) is 0 Å². The number of hydrogen-bond acceptors (Lipinski definition) is 5. The van der Waals surface area contributed by atoms with Crippen molar-refractivity contribution in [3.63, 3.8) is 0 Å². The summed E-state index contributed by atoms with van der Waals surface area (Å²) < 4.78 is 4.38. The van der Waals surface area contributed by atoms with E-state index in [1.807, 2.05) is 27.7 Å². The van der Waals surface area contributed by atoms with Gasteiger partial charge in [-0.25, -0.2) is 0 Å². The number of esters is 1. The van der Waals surface area contributed by atoms with Gasteiger partial charge in [-0.05, 0) is 25.4 Å². The van der Waals surface area contributed by atoms with Gasteiger partial charge in [-0.1, -0.05) is 27.7 Å². The molecule has 0 aliphatic rings. The summed E-state index contributed by atoms with van der Waals surface area (Å²) in [6.07, 6.45) is -0.143. The maximum Gasteiger partial charge on any atom is 0.310 e. The standard InChI is InChI=1S/C6H9O3.2C4H10O.Ti/c1-3-9-6(8)4-5(2)7;2*1-4(2)3-5;/h1,3-4H2,2H3;2*4-5H,3H2,1-2H3;/q-1;;;. The third-order valence-electron chi connectivity index (χ3n) is 1.39. The molecular weight excluding hydrogens is 296 g/mol. The molecule has 0 aliphatic carbocycles. The monoisotopic (exact) mass is 325 g/mol. The Morgan fingerprint density at radius 2 is 1.35 bits per heavy atom. The Morgan fingerprint density at radius 3 is 1.50 bits per heavy atom. The first kappa shape index (κ1) is 28.0. The van der Waals surface area contributed by atoms with Crippen LogP contribution in [0.1, 0.15) is 41.0 Å². The second-order valence-corrected chi connectivity index (χ2v) is 4.75. The average molecular weight is 325 g/mol. The molecule has 0 aromatic heterocycles. The number of carbonyl (C=O) groups excluding carboxylic acids is 2.